The van der Waals surface area contributed by atoms with Gasteiger partial charge in [-0.25, -0.2) is 0 Å². The summed E-state index contributed by atoms with van der Waals surface area (Å²) in [5.74, 6) is -0.396. The number of piperidine rings is 1. The minimum absolute atomic E-state index is 0.0871. The van der Waals surface area contributed by atoms with Crippen LogP contribution in [-0.4, -0.2) is 76.4 Å². The average molecular weight is 411 g/mol. The monoisotopic (exact) mass is 410 g/mol. The van der Waals surface area contributed by atoms with E-state index in [0.29, 0.717) is 25.9 Å². The van der Waals surface area contributed by atoms with Gasteiger partial charge in [-0.05, 0) is 30.5 Å². The third-order valence-corrected chi connectivity index (χ3v) is 7.23. The number of hydrogen-bond donors (Lipinski definition) is 1. The first-order valence-corrected chi connectivity index (χ1v) is 11.1. The zero-order valence-electron chi connectivity index (χ0n) is 16.6. The Morgan fingerprint density at radius 3 is 2.50 bits per heavy atom. The standard InChI is InChI=1S/C19H30N4O4S/c1-21(2)28(25,26)23-9-3-4-17(15-23)19(24)20-14-16-5-7-18(8-6-16)22-10-12-27-13-11-22/h5-8,17H,3-4,9-15H2,1-2H3,(H,20,24)/t17-/m0/s1. The average Bonchev–Trinajstić information content (AvgIpc) is 2.73. The Morgan fingerprint density at radius 1 is 1.18 bits per heavy atom. The minimum atomic E-state index is -3.48. The van der Waals surface area contributed by atoms with Gasteiger partial charge in [-0.1, -0.05) is 12.1 Å². The fraction of sp³-hybridized carbons (Fsp3) is 0.632. The Kier molecular flexibility index (Phi) is 6.92. The number of rotatable bonds is 6. The molecule has 0 saturated carbocycles. The van der Waals surface area contributed by atoms with Crippen LogP contribution in [0.1, 0.15) is 18.4 Å². The molecule has 156 valence electrons. The highest BCUT2D eigenvalue weighted by molar-refractivity contribution is 7.86. The van der Waals surface area contributed by atoms with E-state index in [1.165, 1.54) is 22.7 Å². The summed E-state index contributed by atoms with van der Waals surface area (Å²) in [7, 11) is -0.449. The number of nitrogens with one attached hydrogen (secondary N) is 1. The van der Waals surface area contributed by atoms with E-state index in [9.17, 15) is 13.2 Å². The molecule has 1 atom stereocenters. The second kappa shape index (κ2) is 9.21. The molecule has 1 N–H and O–H groups in total. The molecule has 1 aromatic rings. The van der Waals surface area contributed by atoms with Gasteiger partial charge in [0.2, 0.25) is 5.91 Å². The van der Waals surface area contributed by atoms with Crippen LogP contribution < -0.4 is 10.2 Å². The Bertz CT molecular complexity index is 761. The highest BCUT2D eigenvalue weighted by Crippen LogP contribution is 2.21. The molecule has 2 aliphatic heterocycles. The fourth-order valence-electron chi connectivity index (χ4n) is 3.58. The molecule has 1 amide bonds. The molecule has 28 heavy (non-hydrogen) atoms. The summed E-state index contributed by atoms with van der Waals surface area (Å²) in [4.78, 5) is 14.8. The van der Waals surface area contributed by atoms with Crippen molar-refractivity contribution in [2.75, 3.05) is 58.4 Å². The summed E-state index contributed by atoms with van der Waals surface area (Å²) in [5.41, 5.74) is 2.19. The quantitative estimate of drug-likeness (QED) is 0.745. The molecular formula is C19H30N4O4S. The number of benzene rings is 1. The first-order valence-electron chi connectivity index (χ1n) is 9.75. The zero-order valence-corrected chi connectivity index (χ0v) is 17.5. The summed E-state index contributed by atoms with van der Waals surface area (Å²) in [6.07, 6.45) is 1.40. The zero-order chi connectivity index (χ0) is 20.1. The first-order chi connectivity index (χ1) is 13.4. The second-order valence-corrected chi connectivity index (χ2v) is 9.61. The molecule has 2 heterocycles. The minimum Gasteiger partial charge on any atom is -0.378 e. The lowest BCUT2D eigenvalue weighted by atomic mass is 9.98. The molecule has 9 heteroatoms. The number of amides is 1. The van der Waals surface area contributed by atoms with Crippen LogP contribution in [0.25, 0.3) is 0 Å². The second-order valence-electron chi connectivity index (χ2n) is 7.47. The van der Waals surface area contributed by atoms with Crippen LogP contribution in [0.2, 0.25) is 0 Å². The van der Waals surface area contributed by atoms with E-state index in [1.807, 2.05) is 12.1 Å². The Labute approximate surface area is 167 Å². The van der Waals surface area contributed by atoms with Crippen LogP contribution in [0, 0.1) is 5.92 Å². The molecule has 2 aliphatic rings. The van der Waals surface area contributed by atoms with Gasteiger partial charge in [-0.15, -0.1) is 0 Å². The van der Waals surface area contributed by atoms with Crippen LogP contribution in [0.3, 0.4) is 0 Å². The van der Waals surface area contributed by atoms with Crippen LogP contribution >= 0.6 is 0 Å². The predicted molar refractivity (Wildman–Crippen MR) is 108 cm³/mol. The highest BCUT2D eigenvalue weighted by atomic mass is 32.2. The normalized spacial score (nSPS) is 21.7. The van der Waals surface area contributed by atoms with E-state index in [1.54, 1.807) is 0 Å². The van der Waals surface area contributed by atoms with Crippen molar-refractivity contribution in [2.45, 2.75) is 19.4 Å². The van der Waals surface area contributed by atoms with Crippen LogP contribution in [0.15, 0.2) is 24.3 Å². The number of carbonyl (C=O) groups excluding carboxylic acids is 1. The molecule has 0 radical (unpaired) electrons. The third kappa shape index (κ3) is 5.02. The highest BCUT2D eigenvalue weighted by Gasteiger charge is 2.33. The largest absolute Gasteiger partial charge is 0.378 e. The van der Waals surface area contributed by atoms with Crippen LogP contribution in [-0.2, 0) is 26.3 Å². The summed E-state index contributed by atoms with van der Waals surface area (Å²) in [6.45, 7) is 4.43. The number of anilines is 1. The van der Waals surface area contributed by atoms with Crippen molar-refractivity contribution >= 4 is 21.8 Å². The van der Waals surface area contributed by atoms with Crippen molar-refractivity contribution in [3.8, 4) is 0 Å². The van der Waals surface area contributed by atoms with Gasteiger partial charge in [0.15, 0.2) is 0 Å². The number of hydrogen-bond acceptors (Lipinski definition) is 5. The van der Waals surface area contributed by atoms with Crippen LogP contribution in [0.4, 0.5) is 5.69 Å². The summed E-state index contributed by atoms with van der Waals surface area (Å²) >= 11 is 0. The maximum absolute atomic E-state index is 12.6. The van der Waals surface area contributed by atoms with E-state index in [0.717, 1.165) is 37.6 Å². The van der Waals surface area contributed by atoms with Gasteiger partial charge in [0.1, 0.15) is 0 Å². The van der Waals surface area contributed by atoms with Crippen molar-refractivity contribution in [1.29, 1.82) is 0 Å². The molecule has 3 rings (SSSR count). The predicted octanol–water partition coefficient (Wildman–Crippen LogP) is 0.658. The van der Waals surface area contributed by atoms with Crippen molar-refractivity contribution < 1.29 is 17.9 Å². The van der Waals surface area contributed by atoms with Gasteiger partial charge < -0.3 is 15.0 Å². The van der Waals surface area contributed by atoms with E-state index in [2.05, 4.69) is 22.3 Å². The molecule has 0 unspecified atom stereocenters. The maximum Gasteiger partial charge on any atom is 0.281 e. The maximum atomic E-state index is 12.6. The Morgan fingerprint density at radius 2 is 1.86 bits per heavy atom. The number of carbonyl (C=O) groups is 1. The van der Waals surface area contributed by atoms with Gasteiger partial charge in [0.05, 0.1) is 19.1 Å². The summed E-state index contributed by atoms with van der Waals surface area (Å²) in [5, 5.41) is 2.96. The van der Waals surface area contributed by atoms with Gasteiger partial charge in [0, 0.05) is 52.5 Å². The molecule has 8 nitrogen and oxygen atoms in total. The third-order valence-electron chi connectivity index (χ3n) is 5.32. The van der Waals surface area contributed by atoms with E-state index in [4.69, 9.17) is 4.74 Å². The Balaban J connectivity index is 1.52. The van der Waals surface area contributed by atoms with Crippen LogP contribution in [0.5, 0.6) is 0 Å². The van der Waals surface area contributed by atoms with Gasteiger partial charge >= 0.3 is 0 Å². The van der Waals surface area contributed by atoms with Crippen molar-refractivity contribution in [2.24, 2.45) is 5.92 Å². The Hall–Kier alpha value is -1.68. The SMILES string of the molecule is CN(C)S(=O)(=O)N1CCC[C@H](C(=O)NCc2ccc(N3CCOCC3)cc2)C1. The lowest BCUT2D eigenvalue weighted by Gasteiger charge is -2.32. The number of nitrogens with zero attached hydrogens (tertiary/aromatic N) is 3. The number of morpholine rings is 1. The van der Waals surface area contributed by atoms with Gasteiger partial charge in [-0.2, -0.15) is 17.0 Å². The molecular weight excluding hydrogens is 380 g/mol. The topological polar surface area (TPSA) is 82.2 Å². The molecule has 0 aromatic heterocycles. The molecule has 1 aromatic carbocycles. The van der Waals surface area contributed by atoms with E-state index < -0.39 is 10.2 Å². The summed E-state index contributed by atoms with van der Waals surface area (Å²) in [6, 6.07) is 8.18. The van der Waals surface area contributed by atoms with Crippen molar-refractivity contribution in [1.82, 2.24) is 13.9 Å². The fourth-order valence-corrected chi connectivity index (χ4v) is 4.77. The molecule has 0 spiro atoms. The smallest absolute Gasteiger partial charge is 0.281 e. The molecule has 0 aliphatic carbocycles. The van der Waals surface area contributed by atoms with Crippen molar-refractivity contribution in [3.05, 3.63) is 29.8 Å². The van der Waals surface area contributed by atoms with Gasteiger partial charge in [-0.3, -0.25) is 4.79 Å². The molecule has 0 bridgehead atoms. The van der Waals surface area contributed by atoms with E-state index in [-0.39, 0.29) is 18.4 Å². The van der Waals surface area contributed by atoms with E-state index >= 15 is 0 Å². The first kappa shape index (κ1) is 21.0. The summed E-state index contributed by atoms with van der Waals surface area (Å²) < 4.78 is 32.6. The lowest BCUT2D eigenvalue weighted by Crippen LogP contribution is -2.48. The molecule has 2 saturated heterocycles. The lowest BCUT2D eigenvalue weighted by molar-refractivity contribution is -0.126. The number of ether oxygens (including phenoxy) is 1. The van der Waals surface area contributed by atoms with Crippen molar-refractivity contribution in [3.63, 3.8) is 0 Å². The molecule has 2 fully saturated rings. The van der Waals surface area contributed by atoms with Gasteiger partial charge in [0.25, 0.3) is 10.2 Å².